The summed E-state index contributed by atoms with van der Waals surface area (Å²) in [4.78, 5) is 27.7. The molecule has 0 aliphatic heterocycles. The molecule has 38 heavy (non-hydrogen) atoms. The highest BCUT2D eigenvalue weighted by molar-refractivity contribution is 7.92. The van der Waals surface area contributed by atoms with Crippen LogP contribution in [0.4, 0.5) is 5.69 Å². The van der Waals surface area contributed by atoms with E-state index in [-0.39, 0.29) is 12.0 Å². The number of sulfonamides is 1. The maximum absolute atomic E-state index is 12.6. The first-order chi connectivity index (χ1) is 17.8. The van der Waals surface area contributed by atoms with Gasteiger partial charge >= 0.3 is 5.69 Å². The molecule has 0 fully saturated rings. The van der Waals surface area contributed by atoms with Crippen LogP contribution in [0.25, 0.3) is 27.6 Å². The summed E-state index contributed by atoms with van der Waals surface area (Å²) in [6.07, 6.45) is 2.43. The van der Waals surface area contributed by atoms with Crippen molar-refractivity contribution in [3.05, 3.63) is 87.2 Å². The summed E-state index contributed by atoms with van der Waals surface area (Å²) in [6, 6.07) is 15.9. The van der Waals surface area contributed by atoms with Crippen molar-refractivity contribution in [2.24, 2.45) is 0 Å². The first kappa shape index (κ1) is 28.7. The number of hydrogen-bond donors (Lipinski definition) is 3. The zero-order valence-electron chi connectivity index (χ0n) is 22.3. The second kappa shape index (κ2) is 11.2. The normalized spacial score (nSPS) is 11.6. The van der Waals surface area contributed by atoms with Gasteiger partial charge in [-0.2, -0.15) is 0 Å². The molecule has 1 heterocycles. The number of aromatic amines is 1. The molecule has 1 aromatic heterocycles. The number of hydrogen-bond acceptors (Lipinski definition) is 6. The topological polar surface area (TPSA) is 130 Å². The van der Waals surface area contributed by atoms with Crippen molar-refractivity contribution in [3.63, 3.8) is 0 Å². The molecule has 0 unspecified atom stereocenters. The van der Waals surface area contributed by atoms with Gasteiger partial charge in [-0.3, -0.25) is 9.52 Å². The molecule has 0 radical (unpaired) electrons. The third kappa shape index (κ3) is 6.51. The fraction of sp³-hybridized carbons (Fsp3) is 0.286. The molecular formula is C28H33N3O6S. The molecule has 202 valence electrons. The average molecular weight is 540 g/mol. The Bertz CT molecular complexity index is 1650. The van der Waals surface area contributed by atoms with Gasteiger partial charge < -0.3 is 14.8 Å². The molecule has 0 aliphatic carbocycles. The second-order valence-electron chi connectivity index (χ2n) is 9.75. The lowest BCUT2D eigenvalue weighted by Crippen LogP contribution is -2.32. The molecule has 3 aromatic carbocycles. The zero-order valence-corrected chi connectivity index (χ0v) is 23.1. The van der Waals surface area contributed by atoms with Crippen LogP contribution >= 0.6 is 0 Å². The van der Waals surface area contributed by atoms with E-state index in [0.29, 0.717) is 17.1 Å². The number of aliphatic hydroxyl groups excluding tert-OH is 1. The minimum atomic E-state index is -3.39. The number of aromatic nitrogens is 2. The zero-order chi connectivity index (χ0) is 28.3. The first-order valence-electron chi connectivity index (χ1n) is 12.0. The molecule has 3 N–H and O–H groups in total. The van der Waals surface area contributed by atoms with Gasteiger partial charge in [0.2, 0.25) is 10.0 Å². The Morgan fingerprint density at radius 2 is 1.63 bits per heavy atom. The number of methoxy groups -OCH3 is 1. The van der Waals surface area contributed by atoms with E-state index in [9.17, 15) is 18.0 Å². The third-order valence-electron chi connectivity index (χ3n) is 5.65. The second-order valence-corrected chi connectivity index (χ2v) is 11.5. The van der Waals surface area contributed by atoms with Gasteiger partial charge in [0.15, 0.2) is 0 Å². The summed E-state index contributed by atoms with van der Waals surface area (Å²) < 4.78 is 32.6. The van der Waals surface area contributed by atoms with Crippen LogP contribution in [0.15, 0.2) is 70.4 Å². The maximum atomic E-state index is 12.6. The Kier molecular flexibility index (Phi) is 8.48. The van der Waals surface area contributed by atoms with E-state index < -0.39 is 21.3 Å². The monoisotopic (exact) mass is 539 g/mol. The first-order valence-corrected chi connectivity index (χ1v) is 13.8. The van der Waals surface area contributed by atoms with Crippen molar-refractivity contribution in [3.8, 4) is 22.6 Å². The van der Waals surface area contributed by atoms with Gasteiger partial charge in [-0.1, -0.05) is 39.0 Å². The van der Waals surface area contributed by atoms with Gasteiger partial charge in [0.25, 0.3) is 5.56 Å². The van der Waals surface area contributed by atoms with Crippen LogP contribution in [0.2, 0.25) is 0 Å². The van der Waals surface area contributed by atoms with E-state index in [0.717, 1.165) is 38.3 Å². The van der Waals surface area contributed by atoms with Gasteiger partial charge in [-0.15, -0.1) is 0 Å². The number of benzene rings is 3. The summed E-state index contributed by atoms with van der Waals surface area (Å²) in [5, 5.41) is 9.31. The molecule has 10 heteroatoms. The molecule has 9 nitrogen and oxygen atoms in total. The number of nitrogens with zero attached hydrogens (tertiary/aromatic N) is 1. The Morgan fingerprint density at radius 3 is 2.21 bits per heavy atom. The number of nitrogens with one attached hydrogen (secondary N) is 2. The third-order valence-corrected chi connectivity index (χ3v) is 6.26. The van der Waals surface area contributed by atoms with E-state index in [4.69, 9.17) is 9.84 Å². The Morgan fingerprint density at radius 1 is 1.00 bits per heavy atom. The number of ether oxygens (including phenoxy) is 1. The van der Waals surface area contributed by atoms with E-state index in [1.807, 2.05) is 51.1 Å². The van der Waals surface area contributed by atoms with E-state index in [2.05, 4.69) is 9.71 Å². The SMILES string of the molecule is CCO.COc1c(-c2ccc3cc(NS(C)(=O)=O)ccc3c2)cc(-n2c(=O)cc[nH]c2=O)cc1C(C)(C)C. The molecule has 0 saturated heterocycles. The number of aliphatic hydroxyl groups is 1. The molecule has 0 bridgehead atoms. The van der Waals surface area contributed by atoms with Crippen LogP contribution < -0.4 is 20.7 Å². The minimum Gasteiger partial charge on any atom is -0.496 e. The lowest BCUT2D eigenvalue weighted by atomic mass is 9.83. The van der Waals surface area contributed by atoms with Crippen LogP contribution in [-0.2, 0) is 15.4 Å². The van der Waals surface area contributed by atoms with Crippen LogP contribution in [-0.4, -0.2) is 43.0 Å². The van der Waals surface area contributed by atoms with Crippen molar-refractivity contribution >= 4 is 26.5 Å². The molecule has 0 atom stereocenters. The molecule has 0 aliphatic rings. The van der Waals surface area contributed by atoms with Crippen LogP contribution in [0.3, 0.4) is 0 Å². The van der Waals surface area contributed by atoms with Crippen molar-refractivity contribution in [1.29, 1.82) is 0 Å². The largest absolute Gasteiger partial charge is 0.496 e. The van der Waals surface area contributed by atoms with Crippen molar-refractivity contribution in [2.45, 2.75) is 33.1 Å². The lowest BCUT2D eigenvalue weighted by molar-refractivity contribution is 0.318. The van der Waals surface area contributed by atoms with Crippen molar-refractivity contribution in [1.82, 2.24) is 9.55 Å². The van der Waals surface area contributed by atoms with Crippen molar-refractivity contribution < 1.29 is 18.3 Å². The van der Waals surface area contributed by atoms with Crippen LogP contribution in [0.5, 0.6) is 5.75 Å². The fourth-order valence-electron chi connectivity index (χ4n) is 4.09. The van der Waals surface area contributed by atoms with Crippen LogP contribution in [0, 0.1) is 0 Å². The predicted molar refractivity (Wildman–Crippen MR) is 152 cm³/mol. The highest BCUT2D eigenvalue weighted by Crippen LogP contribution is 2.41. The Balaban J connectivity index is 0.00000127. The maximum Gasteiger partial charge on any atom is 0.332 e. The summed E-state index contributed by atoms with van der Waals surface area (Å²) in [5.74, 6) is 0.649. The standard InChI is InChI=1S/C26H27N3O5S.C2H6O/c1-26(2,3)22-15-20(29-23(30)10-11-27-25(29)31)14-21(24(22)34-4)18-7-6-17-13-19(28-35(5,32)33)9-8-16(17)12-18;1-2-3/h6-15,28H,1-5H3,(H,27,31);3H,2H2,1H3. The Labute approximate surface area is 221 Å². The number of anilines is 1. The predicted octanol–water partition coefficient (Wildman–Crippen LogP) is 4.02. The van der Waals surface area contributed by atoms with Gasteiger partial charge in [-0.05, 0) is 59.0 Å². The van der Waals surface area contributed by atoms with Gasteiger partial charge in [-0.25, -0.2) is 17.8 Å². The molecule has 0 saturated carbocycles. The number of fused-ring (bicyclic) bond motifs is 1. The molecule has 4 aromatic rings. The summed E-state index contributed by atoms with van der Waals surface area (Å²) in [6.45, 7) is 8.04. The highest BCUT2D eigenvalue weighted by atomic mass is 32.2. The smallest absolute Gasteiger partial charge is 0.332 e. The Hall–Kier alpha value is -3.89. The number of rotatable bonds is 5. The highest BCUT2D eigenvalue weighted by Gasteiger charge is 2.24. The average Bonchev–Trinajstić information content (AvgIpc) is 2.82. The summed E-state index contributed by atoms with van der Waals surface area (Å²) in [5.41, 5.74) is 2.00. The molecular weight excluding hydrogens is 506 g/mol. The van der Waals surface area contributed by atoms with Gasteiger partial charge in [0, 0.05) is 35.7 Å². The van der Waals surface area contributed by atoms with Gasteiger partial charge in [0.05, 0.1) is 19.1 Å². The van der Waals surface area contributed by atoms with Crippen molar-refractivity contribution in [2.75, 3.05) is 24.7 Å². The van der Waals surface area contributed by atoms with Crippen LogP contribution in [0.1, 0.15) is 33.3 Å². The molecule has 0 spiro atoms. The quantitative estimate of drug-likeness (QED) is 0.351. The molecule has 4 rings (SSSR count). The fourth-order valence-corrected chi connectivity index (χ4v) is 4.65. The van der Waals surface area contributed by atoms with E-state index in [1.165, 1.54) is 12.3 Å². The lowest BCUT2D eigenvalue weighted by Gasteiger charge is -2.25. The summed E-state index contributed by atoms with van der Waals surface area (Å²) in [7, 11) is -1.79. The van der Waals surface area contributed by atoms with Gasteiger partial charge in [0.1, 0.15) is 5.75 Å². The van der Waals surface area contributed by atoms with E-state index >= 15 is 0 Å². The number of H-pyrrole nitrogens is 1. The minimum absolute atomic E-state index is 0.250. The molecule has 0 amide bonds. The van der Waals surface area contributed by atoms with E-state index in [1.54, 1.807) is 32.2 Å². The summed E-state index contributed by atoms with van der Waals surface area (Å²) >= 11 is 0.